The van der Waals surface area contributed by atoms with Crippen LogP contribution in [0.15, 0.2) is 22.8 Å². The first-order valence-corrected chi connectivity index (χ1v) is 2.76. The topological polar surface area (TPSA) is 13.1 Å². The van der Waals surface area contributed by atoms with Crippen LogP contribution < -0.4 is 0 Å². The minimum Gasteiger partial charge on any atom is -0.469 e. The molecule has 0 radical (unpaired) electrons. The molecule has 0 amide bonds. The van der Waals surface area contributed by atoms with Gasteiger partial charge in [-0.25, -0.2) is 0 Å². The molecule has 0 aliphatic heterocycles. The van der Waals surface area contributed by atoms with Gasteiger partial charge in [0.25, 0.3) is 0 Å². The van der Waals surface area contributed by atoms with E-state index in [1.54, 1.807) is 12.3 Å². The molecule has 0 saturated heterocycles. The van der Waals surface area contributed by atoms with Gasteiger partial charge in [0.2, 0.25) is 0 Å². The van der Waals surface area contributed by atoms with Gasteiger partial charge in [-0.15, -0.1) is 0 Å². The van der Waals surface area contributed by atoms with Crippen LogP contribution >= 0.6 is 0 Å². The minimum absolute atomic E-state index is 0.326. The molecule has 0 aliphatic carbocycles. The predicted molar refractivity (Wildman–Crippen MR) is 32.8 cm³/mol. The lowest BCUT2D eigenvalue weighted by Gasteiger charge is -1.94. The van der Waals surface area contributed by atoms with E-state index in [1.807, 2.05) is 13.8 Å². The van der Waals surface area contributed by atoms with E-state index in [0.717, 1.165) is 5.76 Å². The summed E-state index contributed by atoms with van der Waals surface area (Å²) in [5.41, 5.74) is 0. The summed E-state index contributed by atoms with van der Waals surface area (Å²) in [5.74, 6) is 1.10. The first-order chi connectivity index (χ1) is 4.22. The third-order valence-electron chi connectivity index (χ3n) is 1.01. The van der Waals surface area contributed by atoms with Crippen molar-refractivity contribution in [1.82, 2.24) is 0 Å². The van der Waals surface area contributed by atoms with Gasteiger partial charge >= 0.3 is 0 Å². The molecule has 0 unspecified atom stereocenters. The van der Waals surface area contributed by atoms with Crippen LogP contribution in [-0.4, -0.2) is 0 Å². The molecule has 0 saturated carbocycles. The Bertz CT molecular complexity index is 191. The molecule has 0 spiro atoms. The van der Waals surface area contributed by atoms with E-state index in [-0.39, 0.29) is 0 Å². The highest BCUT2D eigenvalue weighted by Gasteiger charge is 1.97. The molecule has 1 nitrogen and oxygen atoms in total. The average Bonchev–Trinajstić information content (AvgIpc) is 2.13. The van der Waals surface area contributed by atoms with Gasteiger partial charge in [-0.1, -0.05) is 13.8 Å². The molecule has 1 aromatic rings. The van der Waals surface area contributed by atoms with Gasteiger partial charge in [0.05, 0.1) is 7.63 Å². The monoisotopic (exact) mass is 112 g/mol. The quantitative estimate of drug-likeness (QED) is 0.543. The Morgan fingerprint density at radius 1 is 1.75 bits per heavy atom. The summed E-state index contributed by atoms with van der Waals surface area (Å²) in [7, 11) is 0. The Hall–Kier alpha value is -0.720. The summed E-state index contributed by atoms with van der Waals surface area (Å²) in [5, 5.41) is 0. The highest BCUT2D eigenvalue weighted by atomic mass is 16.3. The maximum Gasteiger partial charge on any atom is 0.106 e. The summed E-state index contributed by atoms with van der Waals surface area (Å²) in [6.07, 6.45) is 1.55. The molecule has 0 N–H and O–H groups in total. The smallest absolute Gasteiger partial charge is 0.106 e. The maximum atomic E-state index is 7.29. The highest BCUT2D eigenvalue weighted by molar-refractivity contribution is 5.02. The summed E-state index contributed by atoms with van der Waals surface area (Å²) in [4.78, 5) is 0. The van der Waals surface area contributed by atoms with Gasteiger partial charge in [0.15, 0.2) is 0 Å². The summed E-state index contributed by atoms with van der Waals surface area (Å²) < 4.78 is 12.3. The SMILES string of the molecule is [3H]c1ccoc1C(C)C. The fourth-order valence-corrected chi connectivity index (χ4v) is 0.560. The zero-order valence-corrected chi connectivity index (χ0v) is 5.14. The normalized spacial score (nSPS) is 12.1. The Labute approximate surface area is 50.7 Å². The Balaban J connectivity index is 2.94. The molecule has 1 heteroatoms. The van der Waals surface area contributed by atoms with Gasteiger partial charge in [0, 0.05) is 5.92 Å². The standard InChI is InChI=1S/C7H10O/c1-6(2)7-4-3-5-8-7/h3-6H,1-2H3/i4T. The van der Waals surface area contributed by atoms with E-state index in [9.17, 15) is 0 Å². The second-order valence-corrected chi connectivity index (χ2v) is 2.08. The summed E-state index contributed by atoms with van der Waals surface area (Å²) in [6, 6.07) is 2.17. The van der Waals surface area contributed by atoms with Crippen molar-refractivity contribution >= 4 is 0 Å². The third-order valence-corrected chi connectivity index (χ3v) is 1.01. The fourth-order valence-electron chi connectivity index (χ4n) is 0.560. The Kier molecular flexibility index (Phi) is 1.06. The van der Waals surface area contributed by atoms with Crippen LogP contribution in [0.3, 0.4) is 0 Å². The minimum atomic E-state index is 0.326. The van der Waals surface area contributed by atoms with Crippen LogP contribution in [0.4, 0.5) is 0 Å². The molecule has 44 valence electrons. The van der Waals surface area contributed by atoms with Crippen molar-refractivity contribution in [2.75, 3.05) is 0 Å². The molecular formula is C7H10O. The molecular weight excluding hydrogens is 100 g/mol. The average molecular weight is 112 g/mol. The molecule has 0 bridgehead atoms. The van der Waals surface area contributed by atoms with E-state index in [0.29, 0.717) is 12.0 Å². The van der Waals surface area contributed by atoms with Crippen molar-refractivity contribution < 1.29 is 5.79 Å². The Morgan fingerprint density at radius 2 is 2.50 bits per heavy atom. The second kappa shape index (κ2) is 2.03. The van der Waals surface area contributed by atoms with E-state index in [1.165, 1.54) is 0 Å². The number of hydrogen-bond donors (Lipinski definition) is 0. The first-order valence-electron chi connectivity index (χ1n) is 3.26. The van der Waals surface area contributed by atoms with Crippen molar-refractivity contribution in [2.24, 2.45) is 0 Å². The van der Waals surface area contributed by atoms with Crippen LogP contribution in [0.5, 0.6) is 0 Å². The molecule has 0 aromatic carbocycles. The molecule has 0 aliphatic rings. The largest absolute Gasteiger partial charge is 0.469 e. The lowest BCUT2D eigenvalue weighted by Crippen LogP contribution is -1.79. The van der Waals surface area contributed by atoms with Crippen molar-refractivity contribution in [2.45, 2.75) is 19.8 Å². The second-order valence-electron chi connectivity index (χ2n) is 2.08. The third kappa shape index (κ3) is 0.915. The van der Waals surface area contributed by atoms with Crippen LogP contribution in [0.1, 0.15) is 26.9 Å². The molecule has 1 heterocycles. The highest BCUT2D eigenvalue weighted by Crippen LogP contribution is 2.12. The predicted octanol–water partition coefficient (Wildman–Crippen LogP) is 2.40. The lowest BCUT2D eigenvalue weighted by atomic mass is 10.2. The van der Waals surface area contributed by atoms with Crippen molar-refractivity contribution in [3.63, 3.8) is 0 Å². The Morgan fingerprint density at radius 3 is 2.75 bits per heavy atom. The van der Waals surface area contributed by atoms with Gasteiger partial charge in [-0.3, -0.25) is 0 Å². The maximum absolute atomic E-state index is 7.29. The van der Waals surface area contributed by atoms with E-state index in [2.05, 4.69) is 0 Å². The summed E-state index contributed by atoms with van der Waals surface area (Å²) >= 11 is 0. The zero-order valence-electron chi connectivity index (χ0n) is 6.14. The van der Waals surface area contributed by atoms with Crippen molar-refractivity contribution in [3.05, 3.63) is 24.1 Å². The molecule has 0 atom stereocenters. The molecule has 0 fully saturated rings. The number of furan rings is 1. The first kappa shape index (κ1) is 4.19. The molecule has 8 heavy (non-hydrogen) atoms. The zero-order chi connectivity index (χ0) is 6.85. The summed E-state index contributed by atoms with van der Waals surface area (Å²) in [6.45, 7) is 4.02. The van der Waals surface area contributed by atoms with Crippen molar-refractivity contribution in [1.29, 1.82) is 0 Å². The van der Waals surface area contributed by atoms with Crippen molar-refractivity contribution in [3.8, 4) is 0 Å². The van der Waals surface area contributed by atoms with E-state index < -0.39 is 0 Å². The fraction of sp³-hybridized carbons (Fsp3) is 0.429. The number of hydrogen-bond acceptors (Lipinski definition) is 1. The lowest BCUT2D eigenvalue weighted by molar-refractivity contribution is 0.487. The van der Waals surface area contributed by atoms with Gasteiger partial charge in [-0.05, 0) is 12.1 Å². The van der Waals surface area contributed by atoms with Gasteiger partial charge in [0.1, 0.15) is 5.76 Å². The molecule has 1 rings (SSSR count). The van der Waals surface area contributed by atoms with E-state index in [4.69, 9.17) is 5.79 Å². The number of rotatable bonds is 1. The van der Waals surface area contributed by atoms with E-state index >= 15 is 0 Å². The van der Waals surface area contributed by atoms with Crippen LogP contribution in [-0.2, 0) is 0 Å². The van der Waals surface area contributed by atoms with Crippen LogP contribution in [0, 0.1) is 0 Å². The van der Waals surface area contributed by atoms with Gasteiger partial charge < -0.3 is 4.42 Å². The van der Waals surface area contributed by atoms with Crippen LogP contribution in [0.2, 0.25) is 0 Å². The van der Waals surface area contributed by atoms with Crippen LogP contribution in [0.25, 0.3) is 0 Å². The van der Waals surface area contributed by atoms with Gasteiger partial charge in [-0.2, -0.15) is 0 Å². The molecule has 1 aromatic heterocycles.